The van der Waals surface area contributed by atoms with Crippen molar-refractivity contribution in [1.29, 1.82) is 0 Å². The van der Waals surface area contributed by atoms with Crippen LogP contribution in [0.25, 0.3) is 0 Å². The van der Waals surface area contributed by atoms with E-state index in [-0.39, 0.29) is 10.8 Å². The molecule has 1 amide bonds. The van der Waals surface area contributed by atoms with Gasteiger partial charge in [0, 0.05) is 24.4 Å². The van der Waals surface area contributed by atoms with E-state index in [9.17, 15) is 13.2 Å². The Morgan fingerprint density at radius 3 is 2.19 bits per heavy atom. The maximum absolute atomic E-state index is 12.6. The number of rotatable bonds is 4. The molecule has 0 bridgehead atoms. The number of nitrogens with zero attached hydrogens (tertiary/aromatic N) is 1. The quantitative estimate of drug-likeness (QED) is 0.859. The molecule has 4 nitrogen and oxygen atoms in total. The third-order valence-corrected chi connectivity index (χ3v) is 5.27. The smallest absolute Gasteiger partial charge is 0.254 e. The fraction of sp³-hybridized carbons (Fsp3) is 0.562. The van der Waals surface area contributed by atoms with Gasteiger partial charge in [-0.1, -0.05) is 19.3 Å². The Balaban J connectivity index is 2.17. The fourth-order valence-corrected chi connectivity index (χ4v) is 3.60. The molecule has 0 spiro atoms. The summed E-state index contributed by atoms with van der Waals surface area (Å²) in [4.78, 5) is 14.8. The number of sulfone groups is 1. The Morgan fingerprint density at radius 2 is 1.71 bits per heavy atom. The Bertz CT molecular complexity index is 586. The van der Waals surface area contributed by atoms with Gasteiger partial charge in [0.2, 0.25) is 0 Å². The number of hydrogen-bond acceptors (Lipinski definition) is 3. The Hall–Kier alpha value is -1.36. The van der Waals surface area contributed by atoms with E-state index < -0.39 is 9.84 Å². The van der Waals surface area contributed by atoms with Crippen molar-refractivity contribution in [1.82, 2.24) is 4.90 Å². The van der Waals surface area contributed by atoms with Gasteiger partial charge in [0.05, 0.1) is 4.90 Å². The third-order valence-electron chi connectivity index (χ3n) is 4.15. The first-order valence-electron chi connectivity index (χ1n) is 7.54. The summed E-state index contributed by atoms with van der Waals surface area (Å²) in [7, 11) is -3.22. The van der Waals surface area contributed by atoms with Crippen LogP contribution >= 0.6 is 0 Å². The van der Waals surface area contributed by atoms with E-state index in [1.807, 2.05) is 11.8 Å². The van der Waals surface area contributed by atoms with Crippen LogP contribution in [0.2, 0.25) is 0 Å². The zero-order chi connectivity index (χ0) is 15.5. The highest BCUT2D eigenvalue weighted by molar-refractivity contribution is 7.90. The van der Waals surface area contributed by atoms with Crippen LogP contribution in [0.5, 0.6) is 0 Å². The minimum absolute atomic E-state index is 0.00412. The lowest BCUT2D eigenvalue weighted by Crippen LogP contribution is -2.41. The van der Waals surface area contributed by atoms with E-state index >= 15 is 0 Å². The minimum atomic E-state index is -3.22. The molecule has 0 radical (unpaired) electrons. The average Bonchev–Trinajstić information content (AvgIpc) is 2.48. The van der Waals surface area contributed by atoms with E-state index in [4.69, 9.17) is 0 Å². The summed E-state index contributed by atoms with van der Waals surface area (Å²) in [5.74, 6) is 0.00412. The molecule has 0 atom stereocenters. The highest BCUT2D eigenvalue weighted by Crippen LogP contribution is 2.24. The molecular formula is C16H23NO3S. The molecule has 2 rings (SSSR count). The summed E-state index contributed by atoms with van der Waals surface area (Å²) in [6.07, 6.45) is 6.93. The van der Waals surface area contributed by atoms with Crippen LogP contribution in [0.4, 0.5) is 0 Å². The second-order valence-corrected chi connectivity index (χ2v) is 7.70. The van der Waals surface area contributed by atoms with Crippen molar-refractivity contribution in [2.75, 3.05) is 12.8 Å². The lowest BCUT2D eigenvalue weighted by atomic mass is 9.93. The fourth-order valence-electron chi connectivity index (χ4n) is 2.97. The van der Waals surface area contributed by atoms with Crippen molar-refractivity contribution >= 4 is 15.7 Å². The second kappa shape index (κ2) is 6.60. The zero-order valence-corrected chi connectivity index (χ0v) is 13.5. The number of hydrogen-bond donors (Lipinski definition) is 0. The Morgan fingerprint density at radius 1 is 1.14 bits per heavy atom. The number of benzene rings is 1. The van der Waals surface area contributed by atoms with Gasteiger partial charge >= 0.3 is 0 Å². The van der Waals surface area contributed by atoms with Crippen molar-refractivity contribution in [3.63, 3.8) is 0 Å². The topological polar surface area (TPSA) is 54.5 Å². The average molecular weight is 309 g/mol. The minimum Gasteiger partial charge on any atom is -0.336 e. The van der Waals surface area contributed by atoms with E-state index in [1.165, 1.54) is 37.7 Å². The van der Waals surface area contributed by atoms with Crippen LogP contribution in [0.3, 0.4) is 0 Å². The summed E-state index contributed by atoms with van der Waals surface area (Å²) in [6, 6.07) is 6.58. The van der Waals surface area contributed by atoms with Crippen LogP contribution in [0.15, 0.2) is 29.2 Å². The standard InChI is InChI=1S/C16H23NO3S/c1-3-17(14-7-5-4-6-8-14)16(18)13-9-11-15(12-10-13)21(2,19)20/h9-12,14H,3-8H2,1-2H3. The van der Waals surface area contributed by atoms with Crippen molar-refractivity contribution in [2.45, 2.75) is 50.0 Å². The molecular weight excluding hydrogens is 286 g/mol. The van der Waals surface area contributed by atoms with Crippen LogP contribution in [0.1, 0.15) is 49.4 Å². The normalized spacial score (nSPS) is 16.7. The maximum atomic E-state index is 12.6. The molecule has 0 N–H and O–H groups in total. The predicted molar refractivity (Wildman–Crippen MR) is 83.1 cm³/mol. The van der Waals surface area contributed by atoms with E-state index in [1.54, 1.807) is 12.1 Å². The molecule has 0 saturated heterocycles. The molecule has 116 valence electrons. The lowest BCUT2D eigenvalue weighted by Gasteiger charge is -2.33. The predicted octanol–water partition coefficient (Wildman–Crippen LogP) is 2.88. The lowest BCUT2D eigenvalue weighted by molar-refractivity contribution is 0.0648. The third kappa shape index (κ3) is 3.84. The van der Waals surface area contributed by atoms with Crippen molar-refractivity contribution in [3.05, 3.63) is 29.8 Å². The highest BCUT2D eigenvalue weighted by atomic mass is 32.2. The zero-order valence-electron chi connectivity index (χ0n) is 12.7. The maximum Gasteiger partial charge on any atom is 0.254 e. The van der Waals surface area contributed by atoms with Crippen molar-refractivity contribution in [2.24, 2.45) is 0 Å². The molecule has 21 heavy (non-hydrogen) atoms. The molecule has 1 aromatic rings. The molecule has 1 saturated carbocycles. The van der Waals surface area contributed by atoms with Gasteiger partial charge in [-0.05, 0) is 44.0 Å². The summed E-state index contributed by atoms with van der Waals surface area (Å²) < 4.78 is 22.9. The molecule has 5 heteroatoms. The summed E-state index contributed by atoms with van der Waals surface area (Å²) in [5.41, 5.74) is 0.565. The molecule has 1 fully saturated rings. The van der Waals surface area contributed by atoms with Gasteiger partial charge < -0.3 is 4.90 Å². The molecule has 0 heterocycles. The van der Waals surface area contributed by atoms with Crippen molar-refractivity contribution < 1.29 is 13.2 Å². The first-order valence-corrected chi connectivity index (χ1v) is 9.43. The summed E-state index contributed by atoms with van der Waals surface area (Å²) >= 11 is 0. The molecule has 1 aromatic carbocycles. The SMILES string of the molecule is CCN(C(=O)c1ccc(S(C)(=O)=O)cc1)C1CCCCC1. The van der Waals surface area contributed by atoms with Gasteiger partial charge in [-0.25, -0.2) is 8.42 Å². The van der Waals surface area contributed by atoms with E-state index in [0.29, 0.717) is 18.2 Å². The molecule has 0 aromatic heterocycles. The summed E-state index contributed by atoms with van der Waals surface area (Å²) in [5, 5.41) is 0. The first-order chi connectivity index (χ1) is 9.93. The van der Waals surface area contributed by atoms with Crippen LogP contribution in [-0.4, -0.2) is 38.1 Å². The van der Waals surface area contributed by atoms with Gasteiger partial charge in [-0.3, -0.25) is 4.79 Å². The van der Waals surface area contributed by atoms with Gasteiger partial charge in [0.15, 0.2) is 9.84 Å². The van der Waals surface area contributed by atoms with E-state index in [0.717, 1.165) is 12.8 Å². The van der Waals surface area contributed by atoms with Crippen molar-refractivity contribution in [3.8, 4) is 0 Å². The highest BCUT2D eigenvalue weighted by Gasteiger charge is 2.25. The van der Waals surface area contributed by atoms with Gasteiger partial charge in [-0.2, -0.15) is 0 Å². The number of carbonyl (C=O) groups excluding carboxylic acids is 1. The molecule has 0 unspecified atom stereocenters. The molecule has 0 aliphatic heterocycles. The monoisotopic (exact) mass is 309 g/mol. The largest absolute Gasteiger partial charge is 0.336 e. The molecule has 1 aliphatic carbocycles. The Labute approximate surface area is 127 Å². The number of amides is 1. The van der Waals surface area contributed by atoms with Crippen LogP contribution in [0, 0.1) is 0 Å². The Kier molecular flexibility index (Phi) is 5.04. The summed E-state index contributed by atoms with van der Waals surface area (Å²) in [6.45, 7) is 2.69. The second-order valence-electron chi connectivity index (χ2n) is 5.68. The first kappa shape index (κ1) is 16.0. The van der Waals surface area contributed by atoms with Gasteiger partial charge in [-0.15, -0.1) is 0 Å². The molecule has 1 aliphatic rings. The van der Waals surface area contributed by atoms with Gasteiger partial charge in [0.1, 0.15) is 0 Å². The van der Waals surface area contributed by atoms with Gasteiger partial charge in [0.25, 0.3) is 5.91 Å². The van der Waals surface area contributed by atoms with E-state index in [2.05, 4.69) is 0 Å². The number of carbonyl (C=O) groups is 1. The van der Waals surface area contributed by atoms with Crippen LogP contribution < -0.4 is 0 Å². The van der Waals surface area contributed by atoms with Crippen LogP contribution in [-0.2, 0) is 9.84 Å².